The summed E-state index contributed by atoms with van der Waals surface area (Å²) in [5.41, 5.74) is 3.47. The number of halogens is 1. The number of rotatable bonds is 5. The third-order valence-electron chi connectivity index (χ3n) is 7.78. The van der Waals surface area contributed by atoms with Crippen molar-refractivity contribution in [3.8, 4) is 12.1 Å². The molecule has 2 N–H and O–H groups in total. The van der Waals surface area contributed by atoms with E-state index in [1.165, 1.54) is 6.20 Å². The highest BCUT2D eigenvalue weighted by Crippen LogP contribution is 2.41. The van der Waals surface area contributed by atoms with Crippen LogP contribution in [0.5, 0.6) is 5.88 Å². The standard InChI is InChI=1S/C24H28FN7O4S/c1-35-15-10-31(11-15)14-9-32-23(36-12-14)20(8-27-32)37(34,28-13-26)30-24(33)29-22-18-6-2-4-16(18)21(25)17-5-3-7-19(17)22/h8,14-15H,2-7,9-12H2,1H3,(H2,28,29,30,33,34)/t14-,37?/m0/s1. The number of fused-ring (bicyclic) bond motifs is 3. The molecule has 13 heteroatoms. The van der Waals surface area contributed by atoms with Gasteiger partial charge in [0.2, 0.25) is 5.88 Å². The number of urea groups is 1. The van der Waals surface area contributed by atoms with Crippen molar-refractivity contribution >= 4 is 21.6 Å². The topological polar surface area (TPSA) is 134 Å². The summed E-state index contributed by atoms with van der Waals surface area (Å²) in [6, 6.07) is -0.795. The maximum absolute atomic E-state index is 15.0. The van der Waals surface area contributed by atoms with Crippen LogP contribution in [0.4, 0.5) is 14.9 Å². The van der Waals surface area contributed by atoms with Crippen LogP contribution in [0.1, 0.15) is 35.1 Å². The minimum absolute atomic E-state index is 0.0376. The smallest absolute Gasteiger partial charge is 0.355 e. The fourth-order valence-corrected chi connectivity index (χ4v) is 7.11. The molecule has 2 aliphatic heterocycles. The van der Waals surface area contributed by atoms with Gasteiger partial charge in [-0.25, -0.2) is 22.8 Å². The Hall–Kier alpha value is -3.21. The first kappa shape index (κ1) is 24.1. The number of amides is 2. The molecule has 1 saturated heterocycles. The Bertz CT molecular complexity index is 1400. The van der Waals surface area contributed by atoms with E-state index in [1.54, 1.807) is 18.0 Å². The summed E-state index contributed by atoms with van der Waals surface area (Å²) in [7, 11) is -2.04. The number of hydrogen-bond donors (Lipinski definition) is 2. The predicted octanol–water partition coefficient (Wildman–Crippen LogP) is 2.14. The van der Waals surface area contributed by atoms with Crippen LogP contribution in [0.25, 0.3) is 0 Å². The monoisotopic (exact) mass is 529 g/mol. The molecule has 3 heterocycles. The van der Waals surface area contributed by atoms with E-state index in [0.29, 0.717) is 55.6 Å². The van der Waals surface area contributed by atoms with Gasteiger partial charge in [0.05, 0.1) is 24.9 Å². The molecule has 0 bridgehead atoms. The number of ether oxygens (including phenoxy) is 2. The van der Waals surface area contributed by atoms with Crippen LogP contribution < -0.4 is 14.8 Å². The lowest BCUT2D eigenvalue weighted by molar-refractivity contribution is -0.0687. The Kier molecular flexibility index (Phi) is 6.05. The Labute approximate surface area is 214 Å². The van der Waals surface area contributed by atoms with Gasteiger partial charge in [0, 0.05) is 25.9 Å². The second kappa shape index (κ2) is 9.27. The second-order valence-corrected chi connectivity index (χ2v) is 11.7. The summed E-state index contributed by atoms with van der Waals surface area (Å²) < 4.78 is 47.8. The van der Waals surface area contributed by atoms with Crippen molar-refractivity contribution in [2.24, 2.45) is 4.36 Å². The highest BCUT2D eigenvalue weighted by atomic mass is 32.2. The van der Waals surface area contributed by atoms with Crippen molar-refractivity contribution in [1.29, 1.82) is 5.26 Å². The summed E-state index contributed by atoms with van der Waals surface area (Å²) in [5.74, 6) is 0.0655. The number of nitrogens with one attached hydrogen (secondary N) is 2. The molecule has 6 rings (SSSR count). The van der Waals surface area contributed by atoms with E-state index in [9.17, 15) is 18.7 Å². The van der Waals surface area contributed by atoms with Crippen molar-refractivity contribution in [2.75, 3.05) is 32.1 Å². The van der Waals surface area contributed by atoms with Crippen LogP contribution in [0.3, 0.4) is 0 Å². The molecular formula is C24H28FN7O4S. The molecule has 11 nitrogen and oxygen atoms in total. The average molecular weight is 530 g/mol. The number of aromatic nitrogens is 2. The molecule has 1 unspecified atom stereocenters. The molecule has 0 spiro atoms. The fourth-order valence-electron chi connectivity index (χ4n) is 5.86. The van der Waals surface area contributed by atoms with Crippen molar-refractivity contribution in [3.63, 3.8) is 0 Å². The number of anilines is 1. The third kappa shape index (κ3) is 4.03. The van der Waals surface area contributed by atoms with Gasteiger partial charge in [-0.05, 0) is 60.8 Å². The van der Waals surface area contributed by atoms with Gasteiger partial charge in [-0.15, -0.1) is 4.36 Å². The Morgan fingerprint density at radius 1 is 1.22 bits per heavy atom. The van der Waals surface area contributed by atoms with Gasteiger partial charge in [0.1, 0.15) is 12.4 Å². The number of methoxy groups -OCH3 is 1. The average Bonchev–Trinajstić information content (AvgIpc) is 3.60. The summed E-state index contributed by atoms with van der Waals surface area (Å²) in [5, 5.41) is 16.4. The zero-order valence-electron chi connectivity index (χ0n) is 20.5. The van der Waals surface area contributed by atoms with E-state index in [0.717, 1.165) is 37.1 Å². The maximum Gasteiger partial charge on any atom is 0.355 e. The van der Waals surface area contributed by atoms with E-state index < -0.39 is 15.9 Å². The Balaban J connectivity index is 1.29. The van der Waals surface area contributed by atoms with E-state index in [1.807, 2.05) is 0 Å². The molecule has 1 aromatic heterocycles. The lowest BCUT2D eigenvalue weighted by Gasteiger charge is -2.44. The van der Waals surface area contributed by atoms with E-state index in [2.05, 4.69) is 24.4 Å². The van der Waals surface area contributed by atoms with E-state index in [4.69, 9.17) is 9.47 Å². The van der Waals surface area contributed by atoms with Crippen molar-refractivity contribution in [2.45, 2.75) is 62.1 Å². The number of nitriles is 1. The van der Waals surface area contributed by atoms with Gasteiger partial charge >= 0.3 is 6.03 Å². The normalized spacial score (nSPS) is 22.0. The van der Waals surface area contributed by atoms with Gasteiger partial charge in [-0.1, -0.05) is 0 Å². The second-order valence-electron chi connectivity index (χ2n) is 9.84. The highest BCUT2D eigenvalue weighted by molar-refractivity contribution is 7.92. The van der Waals surface area contributed by atoms with Crippen LogP contribution in [-0.4, -0.2) is 63.9 Å². The van der Waals surface area contributed by atoms with Crippen molar-refractivity contribution in [3.05, 3.63) is 34.3 Å². The summed E-state index contributed by atoms with van der Waals surface area (Å²) in [6.07, 6.45) is 7.39. The SMILES string of the molecule is COC1CN([C@@H]2COc3c(S(=O)(=NC(=O)Nc4c5c(c(F)c6c4CCC6)CCC5)NC#N)cnn3C2)C1. The molecule has 37 heavy (non-hydrogen) atoms. The first-order chi connectivity index (χ1) is 17.9. The molecule has 4 aliphatic rings. The number of hydrogen-bond acceptors (Lipinski definition) is 7. The van der Waals surface area contributed by atoms with Gasteiger partial charge in [0.25, 0.3) is 0 Å². The number of nitrogens with zero attached hydrogens (tertiary/aromatic N) is 5. The molecule has 1 aromatic carbocycles. The van der Waals surface area contributed by atoms with Crippen molar-refractivity contribution in [1.82, 2.24) is 19.4 Å². The van der Waals surface area contributed by atoms with Gasteiger partial charge in [0.15, 0.2) is 21.0 Å². The molecule has 0 saturated carbocycles. The molecule has 0 radical (unpaired) electrons. The molecule has 196 valence electrons. The Morgan fingerprint density at radius 2 is 1.89 bits per heavy atom. The predicted molar refractivity (Wildman–Crippen MR) is 131 cm³/mol. The number of carbonyl (C=O) groups excluding carboxylic acids is 1. The lowest BCUT2D eigenvalue weighted by Crippen LogP contribution is -2.59. The number of benzene rings is 1. The van der Waals surface area contributed by atoms with Gasteiger partial charge in [-0.2, -0.15) is 10.4 Å². The first-order valence-electron chi connectivity index (χ1n) is 12.5. The Morgan fingerprint density at radius 3 is 2.54 bits per heavy atom. The fraction of sp³-hybridized carbons (Fsp3) is 0.542. The zero-order chi connectivity index (χ0) is 25.7. The first-order valence-corrected chi connectivity index (χ1v) is 14.0. The number of likely N-dealkylation sites (tertiary alicyclic amines) is 1. The largest absolute Gasteiger partial charge is 0.475 e. The van der Waals surface area contributed by atoms with Crippen LogP contribution in [0, 0.1) is 17.3 Å². The van der Waals surface area contributed by atoms with Crippen LogP contribution >= 0.6 is 0 Å². The molecular weight excluding hydrogens is 501 g/mol. The van der Waals surface area contributed by atoms with Gasteiger partial charge < -0.3 is 14.8 Å². The maximum atomic E-state index is 15.0. The van der Waals surface area contributed by atoms with Crippen LogP contribution in [-0.2, 0) is 46.9 Å². The van der Waals surface area contributed by atoms with Crippen molar-refractivity contribution < 1.29 is 22.9 Å². The molecule has 2 aromatic rings. The molecule has 2 amide bonds. The summed E-state index contributed by atoms with van der Waals surface area (Å²) in [4.78, 5) is 15.4. The molecule has 2 aliphatic carbocycles. The molecule has 1 fully saturated rings. The minimum atomic E-state index is -3.73. The molecule has 2 atom stereocenters. The number of carbonyl (C=O) groups is 1. The highest BCUT2D eigenvalue weighted by Gasteiger charge is 2.37. The van der Waals surface area contributed by atoms with E-state index in [-0.39, 0.29) is 28.7 Å². The van der Waals surface area contributed by atoms with Crippen LogP contribution in [0.15, 0.2) is 15.5 Å². The summed E-state index contributed by atoms with van der Waals surface area (Å²) >= 11 is 0. The van der Waals surface area contributed by atoms with Crippen LogP contribution in [0.2, 0.25) is 0 Å². The lowest BCUT2D eigenvalue weighted by atomic mass is 9.98. The van der Waals surface area contributed by atoms with Gasteiger partial charge in [-0.3, -0.25) is 4.90 Å². The zero-order valence-corrected chi connectivity index (χ0v) is 21.3. The third-order valence-corrected chi connectivity index (χ3v) is 9.44. The minimum Gasteiger partial charge on any atom is -0.475 e. The summed E-state index contributed by atoms with van der Waals surface area (Å²) in [6.45, 7) is 2.45. The van der Waals surface area contributed by atoms with E-state index >= 15 is 0 Å². The quantitative estimate of drug-likeness (QED) is 0.448.